The number of hydrazine groups is 1. The third-order valence-corrected chi connectivity index (χ3v) is 3.17. The summed E-state index contributed by atoms with van der Waals surface area (Å²) in [4.78, 5) is 0. The predicted octanol–water partition coefficient (Wildman–Crippen LogP) is 4.15. The highest BCUT2D eigenvalue weighted by Crippen LogP contribution is 2.20. The molecule has 1 aliphatic heterocycles. The van der Waals surface area contributed by atoms with Gasteiger partial charge in [-0.2, -0.15) is 0 Å². The van der Waals surface area contributed by atoms with Crippen molar-refractivity contribution in [1.29, 1.82) is 0 Å². The van der Waals surface area contributed by atoms with Crippen LogP contribution >= 0.6 is 11.6 Å². The van der Waals surface area contributed by atoms with Crippen LogP contribution in [0.25, 0.3) is 0 Å². The zero-order valence-electron chi connectivity index (χ0n) is 10.9. The third kappa shape index (κ3) is 3.60. The number of nitrogens with zero attached hydrogens (tertiary/aromatic N) is 1. The molecule has 0 fully saturated rings. The Morgan fingerprint density at radius 3 is 2.79 bits per heavy atom. The molecule has 98 valence electrons. The van der Waals surface area contributed by atoms with Gasteiger partial charge in [0.25, 0.3) is 0 Å². The van der Waals surface area contributed by atoms with E-state index in [2.05, 4.69) is 43.3 Å². The highest BCUT2D eigenvalue weighted by atomic mass is 35.5. The van der Waals surface area contributed by atoms with Crippen LogP contribution in [0.4, 0.5) is 5.69 Å². The molecule has 0 saturated heterocycles. The van der Waals surface area contributed by atoms with Gasteiger partial charge < -0.3 is 0 Å². The first kappa shape index (κ1) is 13.7. The summed E-state index contributed by atoms with van der Waals surface area (Å²) in [5.41, 5.74) is 5.78. The average molecular weight is 273 g/mol. The first-order chi connectivity index (χ1) is 9.20. The molecule has 0 amide bonds. The van der Waals surface area contributed by atoms with E-state index in [1.807, 2.05) is 35.4 Å². The molecule has 1 heterocycles. The number of allylic oxidation sites excluding steroid dienone is 4. The van der Waals surface area contributed by atoms with Crippen molar-refractivity contribution in [1.82, 2.24) is 5.43 Å². The Bertz CT molecular complexity index is 529. The van der Waals surface area contributed by atoms with Crippen molar-refractivity contribution in [3.05, 3.63) is 78.0 Å². The molecule has 2 rings (SSSR count). The Balaban J connectivity index is 2.04. The van der Waals surface area contributed by atoms with Gasteiger partial charge in [0.1, 0.15) is 0 Å². The Hall–Kier alpha value is -1.77. The van der Waals surface area contributed by atoms with Crippen LogP contribution in [0.3, 0.4) is 0 Å². The van der Waals surface area contributed by atoms with Crippen LogP contribution in [-0.4, -0.2) is 6.04 Å². The van der Waals surface area contributed by atoms with Crippen molar-refractivity contribution in [2.75, 3.05) is 5.01 Å². The van der Waals surface area contributed by atoms with E-state index < -0.39 is 0 Å². The van der Waals surface area contributed by atoms with E-state index in [9.17, 15) is 0 Å². The van der Waals surface area contributed by atoms with E-state index >= 15 is 0 Å². The number of para-hydroxylation sites is 1. The number of hydrogen-bond donors (Lipinski definition) is 1. The zero-order chi connectivity index (χ0) is 13.7. The summed E-state index contributed by atoms with van der Waals surface area (Å²) in [6.45, 7) is 5.71. The minimum atomic E-state index is 0.186. The lowest BCUT2D eigenvalue weighted by Crippen LogP contribution is -2.34. The van der Waals surface area contributed by atoms with Crippen molar-refractivity contribution in [2.45, 2.75) is 13.0 Å². The molecule has 1 N–H and O–H groups in total. The molecule has 0 saturated carbocycles. The van der Waals surface area contributed by atoms with E-state index in [4.69, 9.17) is 11.6 Å². The van der Waals surface area contributed by atoms with E-state index in [0.29, 0.717) is 5.03 Å². The summed E-state index contributed by atoms with van der Waals surface area (Å²) in [5.74, 6) is 0. The number of nitrogens with one attached hydrogen (secondary N) is 1. The maximum Gasteiger partial charge on any atom is 0.0674 e. The van der Waals surface area contributed by atoms with Crippen molar-refractivity contribution < 1.29 is 0 Å². The molecule has 19 heavy (non-hydrogen) atoms. The minimum Gasteiger partial charge on any atom is -0.283 e. The second kappa shape index (κ2) is 6.41. The van der Waals surface area contributed by atoms with Crippen molar-refractivity contribution >= 4 is 17.3 Å². The summed E-state index contributed by atoms with van der Waals surface area (Å²) in [6.07, 6.45) is 9.55. The molecular weight excluding hydrogens is 256 g/mol. The molecule has 0 bridgehead atoms. The predicted molar refractivity (Wildman–Crippen MR) is 82.9 cm³/mol. The SMILES string of the molecule is C=C/C(Cl)=C\C=C\C1NN(c2ccccc2)C=C1C. The van der Waals surface area contributed by atoms with Crippen LogP contribution < -0.4 is 10.4 Å². The van der Waals surface area contributed by atoms with Crippen LogP contribution in [-0.2, 0) is 0 Å². The van der Waals surface area contributed by atoms with Crippen LogP contribution in [0.2, 0.25) is 0 Å². The number of benzene rings is 1. The van der Waals surface area contributed by atoms with Gasteiger partial charge in [0, 0.05) is 11.2 Å². The Morgan fingerprint density at radius 2 is 2.11 bits per heavy atom. The van der Waals surface area contributed by atoms with Crippen LogP contribution in [0.5, 0.6) is 0 Å². The molecule has 1 aromatic rings. The lowest BCUT2D eigenvalue weighted by Gasteiger charge is -2.18. The molecule has 1 aliphatic rings. The van der Waals surface area contributed by atoms with Gasteiger partial charge in [-0.25, -0.2) is 5.43 Å². The molecule has 3 heteroatoms. The first-order valence-corrected chi connectivity index (χ1v) is 6.53. The van der Waals surface area contributed by atoms with E-state index in [1.54, 1.807) is 6.08 Å². The zero-order valence-corrected chi connectivity index (χ0v) is 11.6. The van der Waals surface area contributed by atoms with Crippen LogP contribution in [0.15, 0.2) is 78.0 Å². The highest BCUT2D eigenvalue weighted by molar-refractivity contribution is 6.31. The summed E-state index contributed by atoms with van der Waals surface area (Å²) in [7, 11) is 0. The average Bonchev–Trinajstić information content (AvgIpc) is 2.81. The lowest BCUT2D eigenvalue weighted by molar-refractivity contribution is 0.712. The summed E-state index contributed by atoms with van der Waals surface area (Å²) in [6, 6.07) is 10.4. The molecule has 1 unspecified atom stereocenters. The monoisotopic (exact) mass is 272 g/mol. The number of halogens is 1. The maximum absolute atomic E-state index is 5.86. The van der Waals surface area contributed by atoms with Crippen molar-refractivity contribution in [3.63, 3.8) is 0 Å². The summed E-state index contributed by atoms with van der Waals surface area (Å²) in [5, 5.41) is 2.67. The number of rotatable bonds is 4. The first-order valence-electron chi connectivity index (χ1n) is 6.16. The van der Waals surface area contributed by atoms with Gasteiger partial charge >= 0.3 is 0 Å². The standard InChI is InChI=1S/C16H17ClN2/c1-3-14(17)8-7-11-16-13(2)12-19(18-16)15-9-5-4-6-10-15/h3-12,16,18H,1H2,2H3/b11-7+,14-8+. The molecule has 2 nitrogen and oxygen atoms in total. The Labute approximate surface area is 119 Å². The fourth-order valence-corrected chi connectivity index (χ4v) is 1.90. The highest BCUT2D eigenvalue weighted by Gasteiger charge is 2.18. The van der Waals surface area contributed by atoms with Gasteiger partial charge in [-0.05, 0) is 30.7 Å². The minimum absolute atomic E-state index is 0.186. The van der Waals surface area contributed by atoms with E-state index in [1.165, 1.54) is 5.57 Å². The molecule has 0 aromatic heterocycles. The number of hydrogen-bond acceptors (Lipinski definition) is 2. The van der Waals surface area contributed by atoms with Gasteiger partial charge in [0.05, 0.1) is 11.7 Å². The van der Waals surface area contributed by atoms with Gasteiger partial charge in [-0.3, -0.25) is 5.01 Å². The van der Waals surface area contributed by atoms with E-state index in [0.717, 1.165) is 5.69 Å². The Kier molecular flexibility index (Phi) is 4.61. The lowest BCUT2D eigenvalue weighted by atomic mass is 10.1. The smallest absolute Gasteiger partial charge is 0.0674 e. The molecule has 0 aliphatic carbocycles. The van der Waals surface area contributed by atoms with E-state index in [-0.39, 0.29) is 6.04 Å². The second-order valence-electron chi connectivity index (χ2n) is 4.33. The second-order valence-corrected chi connectivity index (χ2v) is 4.76. The van der Waals surface area contributed by atoms with Crippen LogP contribution in [0.1, 0.15) is 6.92 Å². The molecule has 0 radical (unpaired) electrons. The summed E-state index contributed by atoms with van der Waals surface area (Å²) < 4.78 is 0. The van der Waals surface area contributed by atoms with Crippen molar-refractivity contribution in [3.8, 4) is 0 Å². The van der Waals surface area contributed by atoms with Gasteiger partial charge in [-0.15, -0.1) is 0 Å². The molecule has 1 aromatic carbocycles. The molecule has 1 atom stereocenters. The van der Waals surface area contributed by atoms with Crippen LogP contribution in [0, 0.1) is 0 Å². The summed E-state index contributed by atoms with van der Waals surface area (Å²) >= 11 is 5.86. The molecular formula is C16H17ClN2. The Morgan fingerprint density at radius 1 is 1.37 bits per heavy atom. The fraction of sp³-hybridized carbons (Fsp3) is 0.125. The quantitative estimate of drug-likeness (QED) is 0.829. The number of anilines is 1. The third-order valence-electron chi connectivity index (χ3n) is 2.89. The normalized spacial score (nSPS) is 19.9. The van der Waals surface area contributed by atoms with Gasteiger partial charge in [0.15, 0.2) is 0 Å². The molecule has 0 spiro atoms. The van der Waals surface area contributed by atoms with Gasteiger partial charge in [-0.1, -0.05) is 54.6 Å². The van der Waals surface area contributed by atoms with Crippen molar-refractivity contribution in [2.24, 2.45) is 0 Å². The largest absolute Gasteiger partial charge is 0.283 e. The topological polar surface area (TPSA) is 15.3 Å². The fourth-order valence-electron chi connectivity index (χ4n) is 1.83. The van der Waals surface area contributed by atoms with Gasteiger partial charge in [0.2, 0.25) is 0 Å². The maximum atomic E-state index is 5.86.